The average molecular weight is 277 g/mol. The van der Waals surface area contributed by atoms with E-state index < -0.39 is 5.97 Å². The van der Waals surface area contributed by atoms with Crippen LogP contribution in [0.15, 0.2) is 23.8 Å². The minimum absolute atomic E-state index is 0.290. The molecular weight excluding hydrogens is 264 g/mol. The van der Waals surface area contributed by atoms with Crippen molar-refractivity contribution in [3.63, 3.8) is 0 Å². The minimum Gasteiger partial charge on any atom is -0.466 e. The Morgan fingerprint density at radius 1 is 1.40 bits per heavy atom. The Labute approximate surface area is 97.1 Å². The summed E-state index contributed by atoms with van der Waals surface area (Å²) in [7, 11) is 1.29. The molecule has 0 saturated heterocycles. The number of methoxy groups -OCH3 is 1. The summed E-state index contributed by atoms with van der Waals surface area (Å²) in [6, 6.07) is 0. The van der Waals surface area contributed by atoms with Crippen molar-refractivity contribution in [3.05, 3.63) is 23.8 Å². The number of allylic oxidation sites excluding steroid dienone is 1. The number of aldehydes is 1. The number of rotatable bonds is 7. The lowest BCUT2D eigenvalue weighted by atomic mass is 10.2. The van der Waals surface area contributed by atoms with E-state index in [2.05, 4.69) is 20.7 Å². The Morgan fingerprint density at radius 3 is 2.67 bits per heavy atom. The number of carbonyl (C=O) groups is 2. The smallest absolute Gasteiger partial charge is 0.330 e. The molecule has 0 radical (unpaired) electrons. The van der Waals surface area contributed by atoms with Crippen LogP contribution in [0.1, 0.15) is 0 Å². The van der Waals surface area contributed by atoms with E-state index in [0.717, 1.165) is 5.33 Å². The third kappa shape index (κ3) is 8.08. The van der Waals surface area contributed by atoms with E-state index in [-0.39, 0.29) is 6.61 Å². The first-order valence-corrected chi connectivity index (χ1v) is 5.40. The summed E-state index contributed by atoms with van der Waals surface area (Å²) in [6.45, 7) is 0.833. The monoisotopic (exact) mass is 276 g/mol. The standard InChI is InChI=1S/C10H13BrO4/c1-14-10(13)3-2-9(4-6-12)8-15-7-5-11/h2-4,6H,5,7-8H2,1H3/b3-2+,9-4+. The minimum atomic E-state index is -0.465. The zero-order chi connectivity index (χ0) is 11.5. The van der Waals surface area contributed by atoms with Crippen molar-refractivity contribution in [2.24, 2.45) is 0 Å². The van der Waals surface area contributed by atoms with Gasteiger partial charge in [0, 0.05) is 11.4 Å². The van der Waals surface area contributed by atoms with Crippen LogP contribution in [0.25, 0.3) is 0 Å². The highest BCUT2D eigenvalue weighted by Gasteiger charge is 1.95. The zero-order valence-electron chi connectivity index (χ0n) is 8.44. The zero-order valence-corrected chi connectivity index (χ0v) is 10.0. The lowest BCUT2D eigenvalue weighted by Gasteiger charge is -2.01. The predicted molar refractivity (Wildman–Crippen MR) is 59.9 cm³/mol. The normalized spacial score (nSPS) is 11.7. The molecule has 0 heterocycles. The predicted octanol–water partition coefficient (Wildman–Crippen LogP) is 1.25. The van der Waals surface area contributed by atoms with E-state index in [1.807, 2.05) is 0 Å². The Hall–Kier alpha value is -0.940. The van der Waals surface area contributed by atoms with Gasteiger partial charge in [-0.3, -0.25) is 4.79 Å². The van der Waals surface area contributed by atoms with Crippen molar-refractivity contribution in [1.29, 1.82) is 0 Å². The van der Waals surface area contributed by atoms with Crippen LogP contribution in [0.2, 0.25) is 0 Å². The van der Waals surface area contributed by atoms with Gasteiger partial charge in [-0.25, -0.2) is 4.79 Å². The molecule has 0 aliphatic rings. The molecule has 0 rings (SSSR count). The second-order valence-electron chi connectivity index (χ2n) is 2.48. The highest BCUT2D eigenvalue weighted by atomic mass is 79.9. The van der Waals surface area contributed by atoms with Crippen LogP contribution in [0.3, 0.4) is 0 Å². The molecule has 0 unspecified atom stereocenters. The molecule has 0 aliphatic heterocycles. The van der Waals surface area contributed by atoms with Gasteiger partial charge in [0.05, 0.1) is 20.3 Å². The van der Waals surface area contributed by atoms with Crippen molar-refractivity contribution in [3.8, 4) is 0 Å². The van der Waals surface area contributed by atoms with Crippen LogP contribution < -0.4 is 0 Å². The fourth-order valence-electron chi connectivity index (χ4n) is 0.727. The topological polar surface area (TPSA) is 52.6 Å². The number of carbonyl (C=O) groups excluding carboxylic acids is 2. The molecule has 0 saturated carbocycles. The van der Waals surface area contributed by atoms with Crippen LogP contribution in [0.5, 0.6) is 0 Å². The number of hydrogen-bond acceptors (Lipinski definition) is 4. The maximum atomic E-state index is 10.8. The van der Waals surface area contributed by atoms with E-state index in [1.165, 1.54) is 25.3 Å². The molecule has 0 aromatic heterocycles. The number of alkyl halides is 1. The molecule has 15 heavy (non-hydrogen) atoms. The second-order valence-corrected chi connectivity index (χ2v) is 3.27. The van der Waals surface area contributed by atoms with Crippen LogP contribution in [0, 0.1) is 0 Å². The fourth-order valence-corrected chi connectivity index (χ4v) is 0.956. The number of hydrogen-bond donors (Lipinski definition) is 0. The number of ether oxygens (including phenoxy) is 2. The second kappa shape index (κ2) is 9.61. The van der Waals surface area contributed by atoms with Gasteiger partial charge in [-0.1, -0.05) is 15.9 Å². The quantitative estimate of drug-likeness (QED) is 0.175. The maximum Gasteiger partial charge on any atom is 0.330 e. The van der Waals surface area contributed by atoms with Gasteiger partial charge in [0.25, 0.3) is 0 Å². The molecule has 5 heteroatoms. The van der Waals surface area contributed by atoms with Crippen molar-refractivity contribution in [2.45, 2.75) is 0 Å². The van der Waals surface area contributed by atoms with Gasteiger partial charge in [0.1, 0.15) is 6.29 Å². The van der Waals surface area contributed by atoms with E-state index in [0.29, 0.717) is 18.5 Å². The Bertz CT molecular complexity index is 258. The first kappa shape index (κ1) is 14.1. The number of esters is 1. The summed E-state index contributed by atoms with van der Waals surface area (Å²) in [5.41, 5.74) is 0.622. The van der Waals surface area contributed by atoms with Crippen LogP contribution in [-0.4, -0.2) is 37.9 Å². The van der Waals surface area contributed by atoms with Crippen LogP contribution in [-0.2, 0) is 19.1 Å². The molecule has 0 aromatic carbocycles. The van der Waals surface area contributed by atoms with Gasteiger partial charge in [-0.05, 0) is 17.7 Å². The highest BCUT2D eigenvalue weighted by molar-refractivity contribution is 9.09. The van der Waals surface area contributed by atoms with Gasteiger partial charge in [-0.15, -0.1) is 0 Å². The first-order valence-electron chi connectivity index (χ1n) is 4.28. The fraction of sp³-hybridized carbons (Fsp3) is 0.400. The van der Waals surface area contributed by atoms with Gasteiger partial charge in [0.2, 0.25) is 0 Å². The lowest BCUT2D eigenvalue weighted by molar-refractivity contribution is -0.134. The van der Waals surface area contributed by atoms with Gasteiger partial charge in [-0.2, -0.15) is 0 Å². The van der Waals surface area contributed by atoms with Gasteiger partial charge in [0.15, 0.2) is 0 Å². The first-order chi connectivity index (χ1) is 7.24. The molecule has 0 atom stereocenters. The molecule has 0 bridgehead atoms. The third-order valence-electron chi connectivity index (χ3n) is 1.41. The highest BCUT2D eigenvalue weighted by Crippen LogP contribution is 1.98. The van der Waals surface area contributed by atoms with Crippen molar-refractivity contribution >= 4 is 28.2 Å². The summed E-state index contributed by atoms with van der Waals surface area (Å²) in [5.74, 6) is -0.465. The molecule has 4 nitrogen and oxygen atoms in total. The molecule has 0 fully saturated rings. The molecular formula is C10H13BrO4. The third-order valence-corrected chi connectivity index (χ3v) is 1.73. The SMILES string of the molecule is COC(=O)/C=C/C(=C\C=O)COCCBr. The van der Waals surface area contributed by atoms with E-state index in [4.69, 9.17) is 4.74 Å². The Balaban J connectivity index is 4.16. The molecule has 84 valence electrons. The van der Waals surface area contributed by atoms with E-state index in [9.17, 15) is 9.59 Å². The number of halogens is 1. The lowest BCUT2D eigenvalue weighted by Crippen LogP contribution is -2.01. The Kier molecular flexibility index (Phi) is 9.01. The van der Waals surface area contributed by atoms with Crippen molar-refractivity contribution in [1.82, 2.24) is 0 Å². The van der Waals surface area contributed by atoms with Crippen molar-refractivity contribution < 1.29 is 19.1 Å². The molecule has 0 aliphatic carbocycles. The average Bonchev–Trinajstić information content (AvgIpc) is 2.25. The molecule has 0 amide bonds. The Morgan fingerprint density at radius 2 is 2.13 bits per heavy atom. The molecule has 0 spiro atoms. The van der Waals surface area contributed by atoms with E-state index in [1.54, 1.807) is 0 Å². The van der Waals surface area contributed by atoms with Crippen LogP contribution >= 0.6 is 15.9 Å². The van der Waals surface area contributed by atoms with Crippen LogP contribution in [0.4, 0.5) is 0 Å². The van der Waals surface area contributed by atoms with Gasteiger partial charge < -0.3 is 9.47 Å². The summed E-state index contributed by atoms with van der Waals surface area (Å²) in [5, 5.41) is 0.724. The summed E-state index contributed by atoms with van der Waals surface area (Å²) < 4.78 is 9.60. The largest absolute Gasteiger partial charge is 0.466 e. The molecule has 0 N–H and O–H groups in total. The molecule has 0 aromatic rings. The van der Waals surface area contributed by atoms with E-state index >= 15 is 0 Å². The summed E-state index contributed by atoms with van der Waals surface area (Å²) in [6.07, 6.45) is 4.73. The summed E-state index contributed by atoms with van der Waals surface area (Å²) in [4.78, 5) is 21.0. The van der Waals surface area contributed by atoms with Crippen molar-refractivity contribution in [2.75, 3.05) is 25.7 Å². The maximum absolute atomic E-state index is 10.8. The summed E-state index contributed by atoms with van der Waals surface area (Å²) >= 11 is 3.21. The van der Waals surface area contributed by atoms with Gasteiger partial charge >= 0.3 is 5.97 Å².